The highest BCUT2D eigenvalue weighted by molar-refractivity contribution is 6.67. The van der Waals surface area contributed by atoms with Crippen LogP contribution in [0.4, 0.5) is 0 Å². The molecule has 0 radical (unpaired) electrons. The van der Waals surface area contributed by atoms with Crippen LogP contribution in [0.25, 0.3) is 0 Å². The van der Waals surface area contributed by atoms with Gasteiger partial charge in [-0.3, -0.25) is 0 Å². The molecule has 0 nitrogen and oxygen atoms in total. The number of rotatable bonds is 8. The van der Waals surface area contributed by atoms with E-state index < -0.39 is 0 Å². The van der Waals surface area contributed by atoms with Crippen LogP contribution in [-0.2, 0) is 0 Å². The van der Waals surface area contributed by atoms with Gasteiger partial charge in [-0.25, -0.2) is 0 Å². The van der Waals surface area contributed by atoms with Crippen molar-refractivity contribution in [1.82, 2.24) is 0 Å². The lowest BCUT2D eigenvalue weighted by atomic mass is 9.44. The smallest absolute Gasteiger partial charge is 0.0786 e. The number of benzene rings is 2. The van der Waals surface area contributed by atoms with Crippen molar-refractivity contribution in [2.45, 2.75) is 474 Å². The molecule has 8 saturated heterocycles. The Bertz CT molecular complexity index is 2170. The fraction of sp³-hybridized carbons (Fsp3) is 0.872. The number of fused-ring (bicyclic) bond motifs is 2. The fourth-order valence-electron chi connectivity index (χ4n) is 22.8. The van der Waals surface area contributed by atoms with Crippen molar-refractivity contribution in [3.05, 3.63) is 60.7 Å². The Labute approximate surface area is 676 Å². The summed E-state index contributed by atoms with van der Waals surface area (Å²) in [6.07, 6.45) is 75.7. The summed E-state index contributed by atoms with van der Waals surface area (Å²) in [6.45, 7) is 31.0. The minimum atomic E-state index is 0. The van der Waals surface area contributed by atoms with Crippen LogP contribution in [-0.4, -0.2) is 88.5 Å². The summed E-state index contributed by atoms with van der Waals surface area (Å²) in [5.74, 6) is 18.2. The Kier molecular flexibility index (Phi) is 51.8. The van der Waals surface area contributed by atoms with Gasteiger partial charge in [-0.05, 0) is 40.9 Å². The Hall–Kier alpha value is -0.781. The van der Waals surface area contributed by atoms with E-state index in [1.54, 1.807) is 106 Å². The van der Waals surface area contributed by atoms with Crippen LogP contribution in [0.15, 0.2) is 60.7 Å². The van der Waals surface area contributed by atoms with E-state index in [2.05, 4.69) is 151 Å². The Morgan fingerprint density at radius 3 is 0.915 bits per heavy atom. The third-order valence-electron chi connectivity index (χ3n) is 31.4. The molecular weight excluding hydrogens is 1260 g/mol. The fourth-order valence-corrected chi connectivity index (χ4v) is 22.8. The minimum absolute atomic E-state index is 0. The van der Waals surface area contributed by atoms with Gasteiger partial charge in [-0.15, -0.1) is 0 Å². The normalized spacial score (nSPS) is 31.2. The molecule has 8 heterocycles. The number of hydrogen-bond acceptors (Lipinski definition) is 0. The molecule has 5 unspecified atom stereocenters. The van der Waals surface area contributed by atoms with Crippen molar-refractivity contribution in [3.63, 3.8) is 0 Å². The van der Waals surface area contributed by atoms with E-state index >= 15 is 0 Å². The van der Waals surface area contributed by atoms with Crippen molar-refractivity contribution >= 4 is 99.4 Å². The molecule has 592 valence electrons. The van der Waals surface area contributed by atoms with Gasteiger partial charge in [-0.2, -0.15) is 0 Å². The zero-order valence-electron chi connectivity index (χ0n) is 73.7. The summed E-state index contributed by atoms with van der Waals surface area (Å²) >= 11 is 0. The second kappa shape index (κ2) is 57.3. The van der Waals surface area contributed by atoms with Crippen LogP contribution in [0.5, 0.6) is 0 Å². The van der Waals surface area contributed by atoms with Gasteiger partial charge < -0.3 is 0 Å². The third-order valence-corrected chi connectivity index (χ3v) is 31.4. The molecule has 16 rings (SSSR count). The standard InChI is InChI=1S/C16H31B.C12H23B.C12H11B.C10H19B.C8H15B.C8H17B.C7H15B.2C6H13B.C5H11B.C4H9B.BH3/c1-3-7-11-15(12-8-4-1)17-16-13-9-5-2-6-10-14-16;1-9-5-3-7-11(9)13-12-8-4-6-10(12)2;1-3-7-11(8-4-1)13-12-9-5-2-6-10-12;1-2-6-9(5-1)11-10-7-3-4-8-10;1-3-7-5-2-6-8(4-1)9-7;1-7(2)5-9-6-8(7,3)4;1-6-3-7(2)5-8-4-6;1-5-3-7-4-6(5)2;1-5-3-4-6(2)7-5;1-5-3-2-4-6-5;1-2-4-5-3-1;/h15-17H,1-14H2;9-13H,3-8H2,1-2H3;1-10,13H;9-11H,1-8H2;7-9H,1-6H2;9H,5-6H2,1-4H3;6-8H,3-5H2,1-2H3;2*5-7H,3-4H2,1-2H3;5-6H,2-4H2,1H3;5H,1-4H2;1H3/t;;;;;;6-,7-;2*5-,6-;;;/m......010.../s1. The molecule has 2 aromatic rings. The van der Waals surface area contributed by atoms with E-state index in [-0.39, 0.29) is 8.41 Å². The van der Waals surface area contributed by atoms with Gasteiger partial charge in [0.05, 0.1) is 8.41 Å². The largest absolute Gasteiger partial charge is 0.192 e. The van der Waals surface area contributed by atoms with E-state index in [1.165, 1.54) is 298 Å². The first kappa shape index (κ1) is 95.8. The molecular formula is C94H180B12. The highest BCUT2D eigenvalue weighted by atomic mass is 14.4. The van der Waals surface area contributed by atoms with Gasteiger partial charge in [-0.1, -0.05) is 551 Å². The first-order valence-corrected chi connectivity index (χ1v) is 48.9. The lowest BCUT2D eigenvalue weighted by Crippen LogP contribution is -2.26. The number of hydrogen-bond donors (Lipinski definition) is 0. The summed E-state index contributed by atoms with van der Waals surface area (Å²) in [4.78, 5) is 0. The molecule has 14 fully saturated rings. The Morgan fingerprint density at radius 2 is 0.670 bits per heavy atom. The summed E-state index contributed by atoms with van der Waals surface area (Å²) in [5, 5.41) is 0. The highest BCUT2D eigenvalue weighted by Crippen LogP contribution is 2.50. The van der Waals surface area contributed by atoms with Gasteiger partial charge >= 0.3 is 0 Å². The van der Waals surface area contributed by atoms with Gasteiger partial charge in [0.25, 0.3) is 0 Å². The Balaban J connectivity index is 0.000000212. The van der Waals surface area contributed by atoms with Crippen molar-refractivity contribution in [3.8, 4) is 0 Å². The molecule has 6 saturated carbocycles. The van der Waals surface area contributed by atoms with Crippen LogP contribution in [0.1, 0.15) is 353 Å². The maximum Gasteiger partial charge on any atom is 0.192 e. The summed E-state index contributed by atoms with van der Waals surface area (Å²) in [6, 6.07) is 21.1. The molecule has 0 N–H and O–H groups in total. The van der Waals surface area contributed by atoms with E-state index in [9.17, 15) is 0 Å². The molecule has 2 aromatic carbocycles. The second-order valence-electron chi connectivity index (χ2n) is 41.8. The molecule has 0 aromatic heterocycles. The van der Waals surface area contributed by atoms with Crippen LogP contribution in [0.2, 0.25) is 121 Å². The monoisotopic (exact) mass is 1440 g/mol. The molecule has 14 aliphatic rings. The molecule has 106 heavy (non-hydrogen) atoms. The minimum Gasteiger partial charge on any atom is -0.0786 e. The SMILES string of the molecule is B.B(C1CCCC1)C1CCCC1.B(C1CCCCCCC1)C1CCCCCCC1.B(c1ccccc1)c1ccccc1.B1C2CCCC1CCC2.B1CCCC1.CC1(C)CBCC1(C)C.CC1BCCC1.CC1CCCC1BC1CCCC1C.C[C@@H]1B[C@@H](C)CC1.C[C@@H]1CBC[C@@H](C)C1.C[C@@H]1CBC[C@H]1C. The topological polar surface area (TPSA) is 0 Å². The average Bonchev–Trinajstić information content (AvgIpc) is 1.67. The lowest BCUT2D eigenvalue weighted by molar-refractivity contribution is 0.177. The second-order valence-corrected chi connectivity index (χ2v) is 41.8. The zero-order chi connectivity index (χ0) is 75.2. The van der Waals surface area contributed by atoms with E-state index in [0.717, 1.165) is 107 Å². The molecule has 11 atom stereocenters. The van der Waals surface area contributed by atoms with Crippen LogP contribution >= 0.6 is 0 Å². The van der Waals surface area contributed by atoms with Crippen molar-refractivity contribution < 1.29 is 0 Å². The first-order chi connectivity index (χ1) is 50.8. The Morgan fingerprint density at radius 1 is 0.302 bits per heavy atom. The lowest BCUT2D eigenvalue weighted by Gasteiger charge is -2.35. The third kappa shape index (κ3) is 42.5. The summed E-state index contributed by atoms with van der Waals surface area (Å²) in [7, 11) is 16.2. The van der Waals surface area contributed by atoms with E-state index in [4.69, 9.17) is 0 Å². The quantitative estimate of drug-likeness (QED) is 0.231. The molecule has 0 spiro atoms. The van der Waals surface area contributed by atoms with Crippen LogP contribution < -0.4 is 10.9 Å². The molecule has 12 heteroatoms. The molecule has 6 aliphatic carbocycles. The van der Waals surface area contributed by atoms with E-state index in [0.29, 0.717) is 10.8 Å². The highest BCUT2D eigenvalue weighted by Gasteiger charge is 2.41. The predicted molar refractivity (Wildman–Crippen MR) is 514 cm³/mol. The van der Waals surface area contributed by atoms with Gasteiger partial charge in [0, 0.05) is 0 Å². The average molecular weight is 1440 g/mol. The first-order valence-electron chi connectivity index (χ1n) is 48.9. The van der Waals surface area contributed by atoms with E-state index in [1.807, 2.05) is 0 Å². The molecule has 0 amide bonds. The maximum absolute atomic E-state index is 2.47. The van der Waals surface area contributed by atoms with Crippen LogP contribution in [0.3, 0.4) is 0 Å². The van der Waals surface area contributed by atoms with Gasteiger partial charge in [0.15, 0.2) is 7.28 Å². The molecule has 2 bridgehead atoms. The van der Waals surface area contributed by atoms with Crippen molar-refractivity contribution in [1.29, 1.82) is 0 Å². The molecule has 8 aliphatic heterocycles. The van der Waals surface area contributed by atoms with Gasteiger partial charge in [0.2, 0.25) is 0 Å². The van der Waals surface area contributed by atoms with Gasteiger partial charge in [0.1, 0.15) is 72.8 Å². The summed E-state index contributed by atoms with van der Waals surface area (Å²) < 4.78 is 0. The maximum atomic E-state index is 2.47. The zero-order valence-corrected chi connectivity index (χ0v) is 73.7. The summed E-state index contributed by atoms with van der Waals surface area (Å²) in [5.41, 5.74) is 3.92. The van der Waals surface area contributed by atoms with Crippen molar-refractivity contribution in [2.24, 2.45) is 46.3 Å². The predicted octanol–water partition coefficient (Wildman–Crippen LogP) is 24.7. The van der Waals surface area contributed by atoms with Crippen LogP contribution in [0, 0.1) is 46.3 Å². The van der Waals surface area contributed by atoms with Crippen molar-refractivity contribution in [2.75, 3.05) is 0 Å².